The van der Waals surface area contributed by atoms with Gasteiger partial charge < -0.3 is 14.8 Å². The third-order valence-electron chi connectivity index (χ3n) is 3.65. The quantitative estimate of drug-likeness (QED) is 0.694. The second kappa shape index (κ2) is 6.88. The molecule has 3 rings (SSSR count). The largest absolute Gasteiger partial charge is 0.454 e. The molecule has 1 aliphatic heterocycles. The van der Waals surface area contributed by atoms with E-state index in [0.29, 0.717) is 23.6 Å². The van der Waals surface area contributed by atoms with Crippen LogP contribution in [0, 0.1) is 18.3 Å². The van der Waals surface area contributed by atoms with Gasteiger partial charge >= 0.3 is 0 Å². The van der Waals surface area contributed by atoms with Gasteiger partial charge in [-0.05, 0) is 36.3 Å². The molecule has 0 aliphatic carbocycles. The Bertz CT molecular complexity index is 833. The van der Waals surface area contributed by atoms with E-state index in [1.165, 1.54) is 6.08 Å². The Hall–Kier alpha value is -3.26. The number of hydrogen-bond donors (Lipinski definition) is 1. The van der Waals surface area contributed by atoms with Gasteiger partial charge in [-0.25, -0.2) is 0 Å². The van der Waals surface area contributed by atoms with E-state index in [0.717, 1.165) is 11.1 Å². The van der Waals surface area contributed by atoms with Gasteiger partial charge in [0.2, 0.25) is 6.79 Å². The summed E-state index contributed by atoms with van der Waals surface area (Å²) in [5.74, 6) is 0.867. The van der Waals surface area contributed by atoms with Gasteiger partial charge in [0.05, 0.1) is 0 Å². The van der Waals surface area contributed by atoms with E-state index in [1.54, 1.807) is 18.2 Å². The highest BCUT2D eigenvalue weighted by molar-refractivity contribution is 6.01. The van der Waals surface area contributed by atoms with Crippen molar-refractivity contribution in [2.24, 2.45) is 0 Å². The number of fused-ring (bicyclic) bond motifs is 1. The predicted molar refractivity (Wildman–Crippen MR) is 89.2 cm³/mol. The molecule has 5 heteroatoms. The lowest BCUT2D eigenvalue weighted by atomic mass is 10.1. The van der Waals surface area contributed by atoms with Crippen molar-refractivity contribution in [1.82, 2.24) is 5.32 Å². The molecule has 0 radical (unpaired) electrons. The number of ether oxygens (including phenoxy) is 2. The fourth-order valence-corrected chi connectivity index (χ4v) is 2.30. The average molecular weight is 320 g/mol. The van der Waals surface area contributed by atoms with Crippen LogP contribution in [-0.4, -0.2) is 12.7 Å². The summed E-state index contributed by atoms with van der Waals surface area (Å²) in [6.45, 7) is 2.56. The minimum absolute atomic E-state index is 0.0426. The van der Waals surface area contributed by atoms with Gasteiger partial charge in [0.25, 0.3) is 5.91 Å². The van der Waals surface area contributed by atoms with E-state index in [4.69, 9.17) is 9.47 Å². The Labute approximate surface area is 140 Å². The van der Waals surface area contributed by atoms with Crippen molar-refractivity contribution >= 4 is 12.0 Å². The molecule has 24 heavy (non-hydrogen) atoms. The van der Waals surface area contributed by atoms with Gasteiger partial charge in [-0.3, -0.25) is 4.79 Å². The summed E-state index contributed by atoms with van der Waals surface area (Å²) in [5, 5.41) is 12.0. The zero-order valence-electron chi connectivity index (χ0n) is 13.2. The molecule has 1 amide bonds. The van der Waals surface area contributed by atoms with Crippen LogP contribution in [0.4, 0.5) is 0 Å². The zero-order chi connectivity index (χ0) is 16.9. The first-order valence-corrected chi connectivity index (χ1v) is 7.51. The SMILES string of the molecule is Cc1ccc(CNC(=O)C(C#N)=Cc2ccc3c(c2)OCO3)cc1. The summed E-state index contributed by atoms with van der Waals surface area (Å²) >= 11 is 0. The molecule has 0 aromatic heterocycles. The lowest BCUT2D eigenvalue weighted by molar-refractivity contribution is -0.117. The number of nitrogens with zero attached hydrogens (tertiary/aromatic N) is 1. The van der Waals surface area contributed by atoms with Gasteiger partial charge in [-0.15, -0.1) is 0 Å². The Balaban J connectivity index is 1.69. The number of carbonyl (C=O) groups excluding carboxylic acids is 1. The summed E-state index contributed by atoms with van der Waals surface area (Å²) in [5.41, 5.74) is 2.89. The van der Waals surface area contributed by atoms with Crippen LogP contribution in [0.1, 0.15) is 16.7 Å². The van der Waals surface area contributed by atoms with Crippen molar-refractivity contribution in [1.29, 1.82) is 5.26 Å². The maximum atomic E-state index is 12.2. The molecule has 0 unspecified atom stereocenters. The molecule has 2 aromatic rings. The van der Waals surface area contributed by atoms with Crippen molar-refractivity contribution in [3.63, 3.8) is 0 Å². The van der Waals surface area contributed by atoms with Gasteiger partial charge in [-0.1, -0.05) is 35.9 Å². The Morgan fingerprint density at radius 1 is 1.21 bits per heavy atom. The van der Waals surface area contributed by atoms with Crippen LogP contribution in [0.15, 0.2) is 48.0 Å². The third-order valence-corrected chi connectivity index (χ3v) is 3.65. The second-order valence-electron chi connectivity index (χ2n) is 5.45. The van der Waals surface area contributed by atoms with Crippen LogP contribution < -0.4 is 14.8 Å². The highest BCUT2D eigenvalue weighted by Gasteiger charge is 2.14. The zero-order valence-corrected chi connectivity index (χ0v) is 13.2. The van der Waals surface area contributed by atoms with Crippen molar-refractivity contribution < 1.29 is 14.3 Å². The number of nitriles is 1. The second-order valence-corrected chi connectivity index (χ2v) is 5.45. The number of benzene rings is 2. The molecule has 1 heterocycles. The standard InChI is InChI=1S/C19H16N2O3/c1-13-2-4-14(5-3-13)11-21-19(22)16(10-20)8-15-6-7-17-18(9-15)24-12-23-17/h2-9H,11-12H2,1H3,(H,21,22). The van der Waals surface area contributed by atoms with E-state index in [1.807, 2.05) is 37.3 Å². The smallest absolute Gasteiger partial charge is 0.262 e. The highest BCUT2D eigenvalue weighted by Crippen LogP contribution is 2.33. The topological polar surface area (TPSA) is 71.4 Å². The molecule has 1 N–H and O–H groups in total. The highest BCUT2D eigenvalue weighted by atomic mass is 16.7. The van der Waals surface area contributed by atoms with Crippen molar-refractivity contribution in [2.45, 2.75) is 13.5 Å². The predicted octanol–water partition coefficient (Wildman–Crippen LogP) is 2.95. The molecule has 2 aromatic carbocycles. The monoisotopic (exact) mass is 320 g/mol. The maximum absolute atomic E-state index is 12.2. The summed E-state index contributed by atoms with van der Waals surface area (Å²) in [6, 6.07) is 15.1. The lowest BCUT2D eigenvalue weighted by Crippen LogP contribution is -2.23. The fraction of sp³-hybridized carbons (Fsp3) is 0.158. The van der Waals surface area contributed by atoms with Crippen LogP contribution in [0.25, 0.3) is 6.08 Å². The van der Waals surface area contributed by atoms with Gasteiger partial charge in [-0.2, -0.15) is 5.26 Å². The number of hydrogen-bond acceptors (Lipinski definition) is 4. The summed E-state index contributed by atoms with van der Waals surface area (Å²) < 4.78 is 10.5. The molecule has 0 atom stereocenters. The van der Waals surface area contributed by atoms with Crippen LogP contribution in [0.2, 0.25) is 0 Å². The Kier molecular flexibility index (Phi) is 4.48. The van der Waals surface area contributed by atoms with Crippen molar-refractivity contribution in [3.05, 3.63) is 64.7 Å². The first kappa shape index (κ1) is 15.6. The number of amides is 1. The first-order chi connectivity index (χ1) is 11.7. The lowest BCUT2D eigenvalue weighted by Gasteiger charge is -2.05. The molecular weight excluding hydrogens is 304 g/mol. The van der Waals surface area contributed by atoms with Gasteiger partial charge in [0.1, 0.15) is 11.6 Å². The molecule has 0 bridgehead atoms. The van der Waals surface area contributed by atoms with Crippen LogP contribution >= 0.6 is 0 Å². The minimum Gasteiger partial charge on any atom is -0.454 e. The molecule has 0 saturated carbocycles. The third kappa shape index (κ3) is 3.55. The number of nitrogens with one attached hydrogen (secondary N) is 1. The summed E-state index contributed by atoms with van der Waals surface area (Å²) in [4.78, 5) is 12.2. The van der Waals surface area contributed by atoms with E-state index in [-0.39, 0.29) is 12.4 Å². The first-order valence-electron chi connectivity index (χ1n) is 7.51. The molecule has 0 spiro atoms. The number of rotatable bonds is 4. The molecule has 120 valence electrons. The van der Waals surface area contributed by atoms with Gasteiger partial charge in [0, 0.05) is 6.54 Å². The number of carbonyl (C=O) groups is 1. The molecule has 5 nitrogen and oxygen atoms in total. The van der Waals surface area contributed by atoms with E-state index < -0.39 is 5.91 Å². The van der Waals surface area contributed by atoms with E-state index in [9.17, 15) is 10.1 Å². The van der Waals surface area contributed by atoms with Crippen LogP contribution in [-0.2, 0) is 11.3 Å². The normalized spacial score (nSPS) is 12.6. The van der Waals surface area contributed by atoms with Crippen molar-refractivity contribution in [2.75, 3.05) is 6.79 Å². The fourth-order valence-electron chi connectivity index (χ4n) is 2.30. The summed E-state index contributed by atoms with van der Waals surface area (Å²) in [6.07, 6.45) is 1.53. The number of aryl methyl sites for hydroxylation is 1. The Morgan fingerprint density at radius 2 is 1.96 bits per heavy atom. The van der Waals surface area contributed by atoms with E-state index >= 15 is 0 Å². The van der Waals surface area contributed by atoms with Crippen LogP contribution in [0.3, 0.4) is 0 Å². The van der Waals surface area contributed by atoms with E-state index in [2.05, 4.69) is 5.32 Å². The molecule has 0 fully saturated rings. The van der Waals surface area contributed by atoms with Crippen molar-refractivity contribution in [3.8, 4) is 17.6 Å². The Morgan fingerprint density at radius 3 is 2.71 bits per heavy atom. The van der Waals surface area contributed by atoms with Crippen LogP contribution in [0.5, 0.6) is 11.5 Å². The molecule has 0 saturated heterocycles. The minimum atomic E-state index is -0.407. The molecule has 1 aliphatic rings. The summed E-state index contributed by atoms with van der Waals surface area (Å²) in [7, 11) is 0. The average Bonchev–Trinajstić information content (AvgIpc) is 3.06. The maximum Gasteiger partial charge on any atom is 0.262 e. The molecular formula is C19H16N2O3. The van der Waals surface area contributed by atoms with Gasteiger partial charge in [0.15, 0.2) is 11.5 Å².